The molecule has 0 unspecified atom stereocenters. The summed E-state index contributed by atoms with van der Waals surface area (Å²) in [6.45, 7) is 2.69. The second kappa shape index (κ2) is 6.44. The van der Waals surface area contributed by atoms with Crippen LogP contribution in [0.3, 0.4) is 0 Å². The summed E-state index contributed by atoms with van der Waals surface area (Å²) in [6, 6.07) is 4.11. The Labute approximate surface area is 124 Å². The van der Waals surface area contributed by atoms with Crippen molar-refractivity contribution in [2.24, 2.45) is 0 Å². The minimum absolute atomic E-state index is 0.00500. The first-order valence-corrected chi connectivity index (χ1v) is 8.56. The Kier molecular flexibility index (Phi) is 4.84. The molecular weight excluding hydrogens is 292 g/mol. The highest BCUT2D eigenvalue weighted by Gasteiger charge is 2.29. The first-order chi connectivity index (χ1) is 9.94. The maximum absolute atomic E-state index is 12.4. The summed E-state index contributed by atoms with van der Waals surface area (Å²) in [5.41, 5.74) is 0.411. The van der Waals surface area contributed by atoms with Crippen molar-refractivity contribution < 1.29 is 18.3 Å². The molecule has 0 atom stereocenters. The van der Waals surface area contributed by atoms with Crippen molar-refractivity contribution in [1.82, 2.24) is 4.72 Å². The van der Waals surface area contributed by atoms with Crippen LogP contribution in [0.4, 0.5) is 5.69 Å². The first kappa shape index (κ1) is 15.8. The molecule has 0 bridgehead atoms. The fourth-order valence-corrected chi connectivity index (χ4v) is 3.42. The van der Waals surface area contributed by atoms with Crippen LogP contribution in [0, 0.1) is 0 Å². The van der Waals surface area contributed by atoms with E-state index >= 15 is 0 Å². The molecule has 1 aromatic carbocycles. The van der Waals surface area contributed by atoms with Crippen LogP contribution in [0.15, 0.2) is 23.1 Å². The third-order valence-electron chi connectivity index (χ3n) is 3.26. The van der Waals surface area contributed by atoms with Gasteiger partial charge in [0.05, 0.1) is 11.3 Å². The number of carboxylic acids is 1. The summed E-state index contributed by atoms with van der Waals surface area (Å²) in [7, 11) is -3.70. The number of rotatable bonds is 8. The Balaban J connectivity index is 2.32. The lowest BCUT2D eigenvalue weighted by Crippen LogP contribution is -2.27. The summed E-state index contributed by atoms with van der Waals surface area (Å²) in [4.78, 5) is 11.1. The molecule has 1 fully saturated rings. The van der Waals surface area contributed by atoms with E-state index in [9.17, 15) is 13.2 Å². The third-order valence-corrected chi connectivity index (χ3v) is 4.82. The molecule has 1 saturated carbocycles. The minimum Gasteiger partial charge on any atom is -0.478 e. The zero-order valence-electron chi connectivity index (χ0n) is 11.9. The number of carboxylic acid groups (broad SMARTS) is 1. The van der Waals surface area contributed by atoms with Gasteiger partial charge in [0.15, 0.2) is 0 Å². The van der Waals surface area contributed by atoms with Crippen LogP contribution >= 0.6 is 0 Å². The second-order valence-electron chi connectivity index (χ2n) is 5.19. The van der Waals surface area contributed by atoms with E-state index in [0.29, 0.717) is 12.2 Å². The highest BCUT2D eigenvalue weighted by molar-refractivity contribution is 7.89. The summed E-state index contributed by atoms with van der Waals surface area (Å²) in [5, 5.41) is 12.1. The van der Waals surface area contributed by atoms with Gasteiger partial charge in [-0.05, 0) is 37.5 Å². The molecule has 0 heterocycles. The van der Waals surface area contributed by atoms with Gasteiger partial charge in [-0.2, -0.15) is 0 Å². The molecular formula is C14H20N2O4S. The quantitative estimate of drug-likeness (QED) is 0.638. The van der Waals surface area contributed by atoms with Crippen LogP contribution in [0.1, 0.15) is 43.0 Å². The molecule has 0 amide bonds. The number of unbranched alkanes of at least 4 members (excludes halogenated alkanes) is 1. The van der Waals surface area contributed by atoms with Crippen LogP contribution in [0.25, 0.3) is 0 Å². The number of benzene rings is 1. The van der Waals surface area contributed by atoms with E-state index in [1.54, 1.807) is 0 Å². The molecule has 1 aliphatic rings. The molecule has 0 aromatic heterocycles. The predicted octanol–water partition coefficient (Wildman–Crippen LogP) is 2.04. The predicted molar refractivity (Wildman–Crippen MR) is 80.1 cm³/mol. The van der Waals surface area contributed by atoms with Crippen LogP contribution in [-0.4, -0.2) is 32.1 Å². The molecule has 1 aromatic rings. The molecule has 0 saturated heterocycles. The molecule has 7 heteroatoms. The zero-order valence-corrected chi connectivity index (χ0v) is 12.7. The Morgan fingerprint density at radius 2 is 2.10 bits per heavy atom. The molecule has 3 N–H and O–H groups in total. The number of anilines is 1. The van der Waals surface area contributed by atoms with Gasteiger partial charge >= 0.3 is 5.97 Å². The second-order valence-corrected chi connectivity index (χ2v) is 6.87. The largest absolute Gasteiger partial charge is 0.478 e. The average molecular weight is 312 g/mol. The van der Waals surface area contributed by atoms with Crippen molar-refractivity contribution in [2.75, 3.05) is 11.9 Å². The Morgan fingerprint density at radius 3 is 2.67 bits per heavy atom. The van der Waals surface area contributed by atoms with E-state index in [2.05, 4.69) is 10.0 Å². The van der Waals surface area contributed by atoms with E-state index in [0.717, 1.165) is 25.7 Å². The SMILES string of the molecule is CCCCNc1ccc(C(=O)O)cc1S(=O)(=O)NC1CC1. The molecule has 0 radical (unpaired) electrons. The van der Waals surface area contributed by atoms with Gasteiger partial charge in [0.25, 0.3) is 0 Å². The monoisotopic (exact) mass is 312 g/mol. The van der Waals surface area contributed by atoms with Gasteiger partial charge < -0.3 is 10.4 Å². The van der Waals surface area contributed by atoms with Crippen LogP contribution in [-0.2, 0) is 10.0 Å². The Hall–Kier alpha value is -1.60. The number of aromatic carboxylic acids is 1. The van der Waals surface area contributed by atoms with Crippen molar-refractivity contribution in [2.45, 2.75) is 43.5 Å². The van der Waals surface area contributed by atoms with E-state index in [1.807, 2.05) is 6.92 Å². The summed E-state index contributed by atoms with van der Waals surface area (Å²) < 4.78 is 27.3. The van der Waals surface area contributed by atoms with Gasteiger partial charge in [0.1, 0.15) is 4.90 Å². The van der Waals surface area contributed by atoms with E-state index in [-0.39, 0.29) is 16.5 Å². The standard InChI is InChI=1S/C14H20N2O4S/c1-2-3-8-15-12-7-4-10(14(17)18)9-13(12)21(19,20)16-11-5-6-11/h4,7,9,11,15-16H,2-3,5-6,8H2,1H3,(H,17,18). The van der Waals surface area contributed by atoms with E-state index in [4.69, 9.17) is 5.11 Å². The molecule has 0 spiro atoms. The van der Waals surface area contributed by atoms with Crippen molar-refractivity contribution in [1.29, 1.82) is 0 Å². The Morgan fingerprint density at radius 1 is 1.38 bits per heavy atom. The third kappa shape index (κ3) is 4.18. The van der Waals surface area contributed by atoms with Crippen LogP contribution in [0.2, 0.25) is 0 Å². The molecule has 2 rings (SSSR count). The number of sulfonamides is 1. The normalized spacial score (nSPS) is 14.9. The van der Waals surface area contributed by atoms with E-state index < -0.39 is 16.0 Å². The maximum Gasteiger partial charge on any atom is 0.335 e. The van der Waals surface area contributed by atoms with Crippen molar-refractivity contribution in [3.05, 3.63) is 23.8 Å². The molecule has 0 aliphatic heterocycles. The lowest BCUT2D eigenvalue weighted by molar-refractivity contribution is 0.0696. The van der Waals surface area contributed by atoms with Crippen molar-refractivity contribution in [3.63, 3.8) is 0 Å². The highest BCUT2D eigenvalue weighted by Crippen LogP contribution is 2.27. The lowest BCUT2D eigenvalue weighted by Gasteiger charge is -2.13. The number of carbonyl (C=O) groups is 1. The van der Waals surface area contributed by atoms with Gasteiger partial charge in [-0.25, -0.2) is 17.9 Å². The smallest absolute Gasteiger partial charge is 0.335 e. The zero-order chi connectivity index (χ0) is 15.5. The van der Waals surface area contributed by atoms with Crippen molar-refractivity contribution >= 4 is 21.7 Å². The van der Waals surface area contributed by atoms with Gasteiger partial charge in [-0.15, -0.1) is 0 Å². The number of hydrogen-bond donors (Lipinski definition) is 3. The van der Waals surface area contributed by atoms with Gasteiger partial charge in [0.2, 0.25) is 10.0 Å². The van der Waals surface area contributed by atoms with E-state index in [1.165, 1.54) is 18.2 Å². The average Bonchev–Trinajstić information content (AvgIpc) is 3.22. The molecule has 21 heavy (non-hydrogen) atoms. The summed E-state index contributed by atoms with van der Waals surface area (Å²) in [6.07, 6.45) is 3.56. The van der Waals surface area contributed by atoms with Crippen LogP contribution < -0.4 is 10.0 Å². The summed E-state index contributed by atoms with van der Waals surface area (Å²) in [5.74, 6) is -1.14. The fraction of sp³-hybridized carbons (Fsp3) is 0.500. The highest BCUT2D eigenvalue weighted by atomic mass is 32.2. The number of hydrogen-bond acceptors (Lipinski definition) is 4. The first-order valence-electron chi connectivity index (χ1n) is 7.07. The lowest BCUT2D eigenvalue weighted by atomic mass is 10.2. The fourth-order valence-electron chi connectivity index (χ4n) is 1.91. The van der Waals surface area contributed by atoms with Gasteiger partial charge in [-0.3, -0.25) is 0 Å². The van der Waals surface area contributed by atoms with Crippen molar-refractivity contribution in [3.8, 4) is 0 Å². The topological polar surface area (TPSA) is 95.5 Å². The molecule has 6 nitrogen and oxygen atoms in total. The van der Waals surface area contributed by atoms with Crippen LogP contribution in [0.5, 0.6) is 0 Å². The Bertz CT molecular complexity index is 624. The minimum atomic E-state index is -3.70. The summed E-state index contributed by atoms with van der Waals surface area (Å²) >= 11 is 0. The molecule has 116 valence electrons. The maximum atomic E-state index is 12.4. The number of nitrogens with one attached hydrogen (secondary N) is 2. The molecule has 1 aliphatic carbocycles. The van der Waals surface area contributed by atoms with Gasteiger partial charge in [0, 0.05) is 12.6 Å². The van der Waals surface area contributed by atoms with Gasteiger partial charge in [-0.1, -0.05) is 13.3 Å².